The molecule has 0 radical (unpaired) electrons. The Bertz CT molecular complexity index is 932. The van der Waals surface area contributed by atoms with E-state index < -0.39 is 7.12 Å². The number of piperidine rings is 1. The van der Waals surface area contributed by atoms with Crippen molar-refractivity contribution in [3.63, 3.8) is 0 Å². The highest BCUT2D eigenvalue weighted by atomic mass is 16.5. The van der Waals surface area contributed by atoms with Gasteiger partial charge in [-0.3, -0.25) is 4.79 Å². The predicted octanol–water partition coefficient (Wildman–Crippen LogP) is 1.76. The highest BCUT2D eigenvalue weighted by Crippen LogP contribution is 2.43. The first-order valence-corrected chi connectivity index (χ1v) is 8.76. The minimum absolute atomic E-state index is 0.0594. The average molecular weight is 350 g/mol. The van der Waals surface area contributed by atoms with Crippen LogP contribution in [0.1, 0.15) is 25.3 Å². The van der Waals surface area contributed by atoms with Gasteiger partial charge >= 0.3 is 7.12 Å². The second-order valence-corrected chi connectivity index (χ2v) is 6.91. The van der Waals surface area contributed by atoms with Crippen molar-refractivity contribution < 1.29 is 14.5 Å². The summed E-state index contributed by atoms with van der Waals surface area (Å²) < 4.78 is 5.56. The lowest BCUT2D eigenvalue weighted by Gasteiger charge is -2.39. The maximum atomic E-state index is 12.2. The molecule has 4 heterocycles. The van der Waals surface area contributed by atoms with Crippen LogP contribution in [0.5, 0.6) is 5.75 Å². The SMILES string of the molecule is C[C@H]1CCN(C(=O)CC#N)CC1C1=CB(O)Oc2cnc3[nH]ccc3c21. The maximum Gasteiger partial charge on any atom is 0.552 e. The molecule has 1 fully saturated rings. The van der Waals surface area contributed by atoms with Gasteiger partial charge in [0.2, 0.25) is 5.91 Å². The molecule has 8 heteroatoms. The molecule has 2 aliphatic rings. The second-order valence-electron chi connectivity index (χ2n) is 6.91. The number of H-pyrrole nitrogens is 1. The Morgan fingerprint density at radius 1 is 1.62 bits per heavy atom. The van der Waals surface area contributed by atoms with Gasteiger partial charge in [-0.25, -0.2) is 4.98 Å². The number of aromatic nitrogens is 2. The molecule has 4 rings (SSSR count). The van der Waals surface area contributed by atoms with Gasteiger partial charge in [0.25, 0.3) is 0 Å². The molecule has 0 aliphatic carbocycles. The van der Waals surface area contributed by atoms with E-state index in [1.807, 2.05) is 18.3 Å². The Kier molecular flexibility index (Phi) is 4.17. The van der Waals surface area contributed by atoms with E-state index in [1.54, 1.807) is 17.1 Å². The van der Waals surface area contributed by atoms with Crippen LogP contribution in [-0.2, 0) is 4.79 Å². The Morgan fingerprint density at radius 2 is 2.46 bits per heavy atom. The van der Waals surface area contributed by atoms with Gasteiger partial charge in [-0.05, 0) is 30.0 Å². The van der Waals surface area contributed by atoms with E-state index in [9.17, 15) is 9.82 Å². The number of pyridine rings is 1. The van der Waals surface area contributed by atoms with Crippen LogP contribution in [0.25, 0.3) is 16.6 Å². The summed E-state index contributed by atoms with van der Waals surface area (Å²) in [6.07, 6.45) is 4.20. The van der Waals surface area contributed by atoms with Crippen molar-refractivity contribution >= 4 is 29.6 Å². The number of hydrogen-bond donors (Lipinski definition) is 2. The zero-order valence-corrected chi connectivity index (χ0v) is 14.5. The number of amides is 1. The number of rotatable bonds is 2. The van der Waals surface area contributed by atoms with Crippen LogP contribution in [0.4, 0.5) is 0 Å². The number of likely N-dealkylation sites (tertiary alicyclic amines) is 1. The third-order valence-electron chi connectivity index (χ3n) is 5.35. The normalized spacial score (nSPS) is 22.4. The number of carbonyl (C=O) groups is 1. The first kappa shape index (κ1) is 16.7. The van der Waals surface area contributed by atoms with E-state index in [0.717, 1.165) is 28.6 Å². The number of aromatic amines is 1. The summed E-state index contributed by atoms with van der Waals surface area (Å²) >= 11 is 0. The predicted molar refractivity (Wildman–Crippen MR) is 96.8 cm³/mol. The van der Waals surface area contributed by atoms with Gasteiger partial charge in [0, 0.05) is 36.2 Å². The summed E-state index contributed by atoms with van der Waals surface area (Å²) in [4.78, 5) is 21.4. The quantitative estimate of drug-likeness (QED) is 0.804. The third-order valence-corrected chi connectivity index (χ3v) is 5.35. The number of carbonyl (C=O) groups excluding carboxylic acids is 1. The average Bonchev–Trinajstić information content (AvgIpc) is 3.10. The molecule has 2 atom stereocenters. The van der Waals surface area contributed by atoms with Crippen LogP contribution < -0.4 is 4.65 Å². The van der Waals surface area contributed by atoms with Crippen molar-refractivity contribution in [2.24, 2.45) is 11.8 Å². The van der Waals surface area contributed by atoms with Gasteiger partial charge in [0.15, 0.2) is 0 Å². The molecule has 0 bridgehead atoms. The fourth-order valence-electron chi connectivity index (χ4n) is 3.97. The number of nitriles is 1. The molecular weight excluding hydrogens is 331 g/mol. The fourth-order valence-corrected chi connectivity index (χ4v) is 3.97. The van der Waals surface area contributed by atoms with E-state index in [1.165, 1.54) is 0 Å². The van der Waals surface area contributed by atoms with E-state index in [-0.39, 0.29) is 18.2 Å². The molecule has 2 aromatic heterocycles. The van der Waals surface area contributed by atoms with Crippen LogP contribution in [0.15, 0.2) is 24.4 Å². The van der Waals surface area contributed by atoms with Gasteiger partial charge in [0.1, 0.15) is 17.8 Å². The number of hydrogen-bond acceptors (Lipinski definition) is 5. The molecule has 132 valence electrons. The van der Waals surface area contributed by atoms with Gasteiger partial charge < -0.3 is 19.6 Å². The van der Waals surface area contributed by atoms with Crippen LogP contribution in [0.3, 0.4) is 0 Å². The lowest BCUT2D eigenvalue weighted by atomic mass is 9.72. The molecule has 7 nitrogen and oxygen atoms in total. The van der Waals surface area contributed by atoms with Crippen LogP contribution in [0, 0.1) is 23.2 Å². The van der Waals surface area contributed by atoms with Crippen molar-refractivity contribution in [1.29, 1.82) is 5.26 Å². The summed E-state index contributed by atoms with van der Waals surface area (Å²) in [5, 5.41) is 19.9. The molecule has 0 aromatic carbocycles. The van der Waals surface area contributed by atoms with Crippen LogP contribution in [-0.4, -0.2) is 46.0 Å². The summed E-state index contributed by atoms with van der Waals surface area (Å²) in [6.45, 7) is 3.36. The van der Waals surface area contributed by atoms with Gasteiger partial charge in [-0.1, -0.05) is 6.92 Å². The van der Waals surface area contributed by atoms with Crippen molar-refractivity contribution in [3.8, 4) is 11.8 Å². The monoisotopic (exact) mass is 350 g/mol. The Hall–Kier alpha value is -2.79. The summed E-state index contributed by atoms with van der Waals surface area (Å²) in [6, 6.07) is 3.88. The Balaban J connectivity index is 1.75. The van der Waals surface area contributed by atoms with Crippen LogP contribution >= 0.6 is 0 Å². The molecule has 1 saturated heterocycles. The molecule has 26 heavy (non-hydrogen) atoms. The number of fused-ring (bicyclic) bond motifs is 3. The molecule has 2 aliphatic heterocycles. The summed E-state index contributed by atoms with van der Waals surface area (Å²) in [7, 11) is -1.03. The van der Waals surface area contributed by atoms with Crippen molar-refractivity contribution in [2.75, 3.05) is 13.1 Å². The standard InChI is InChI=1S/C18H19BN4O3/c1-11-4-7-23(16(24)2-5-20)10-14(11)13-8-19(25)26-15-9-22-18-12(17(13)15)3-6-21-18/h3,6,8-9,11,14,25H,2,4,7,10H2,1H3,(H,21,22)/t11-,14?/m0/s1. The fraction of sp³-hybridized carbons (Fsp3) is 0.389. The Morgan fingerprint density at radius 3 is 3.27 bits per heavy atom. The maximum absolute atomic E-state index is 12.2. The minimum Gasteiger partial charge on any atom is -0.531 e. The summed E-state index contributed by atoms with van der Waals surface area (Å²) in [5.41, 5.74) is 2.66. The van der Waals surface area contributed by atoms with E-state index in [0.29, 0.717) is 24.8 Å². The third kappa shape index (κ3) is 2.74. The molecule has 2 aromatic rings. The van der Waals surface area contributed by atoms with E-state index >= 15 is 0 Å². The van der Waals surface area contributed by atoms with Crippen LogP contribution in [0.2, 0.25) is 0 Å². The van der Waals surface area contributed by atoms with E-state index in [2.05, 4.69) is 16.9 Å². The van der Waals surface area contributed by atoms with Gasteiger partial charge in [0.05, 0.1) is 12.3 Å². The van der Waals surface area contributed by atoms with Gasteiger partial charge in [-0.2, -0.15) is 5.26 Å². The first-order valence-electron chi connectivity index (χ1n) is 8.76. The second kappa shape index (κ2) is 6.50. The molecule has 1 unspecified atom stereocenters. The van der Waals surface area contributed by atoms with Crippen molar-refractivity contribution in [3.05, 3.63) is 30.0 Å². The molecule has 2 N–H and O–H groups in total. The smallest absolute Gasteiger partial charge is 0.531 e. The largest absolute Gasteiger partial charge is 0.552 e. The Labute approximate surface area is 151 Å². The lowest BCUT2D eigenvalue weighted by molar-refractivity contribution is -0.132. The van der Waals surface area contributed by atoms with Gasteiger partial charge in [-0.15, -0.1) is 0 Å². The molecule has 0 saturated carbocycles. The highest BCUT2D eigenvalue weighted by molar-refractivity contribution is 6.52. The topological polar surface area (TPSA) is 102 Å². The van der Waals surface area contributed by atoms with Crippen molar-refractivity contribution in [1.82, 2.24) is 14.9 Å². The number of nitrogens with one attached hydrogen (secondary N) is 1. The summed E-state index contributed by atoms with van der Waals surface area (Å²) in [5.74, 6) is 2.54. The minimum atomic E-state index is -1.03. The lowest BCUT2D eigenvalue weighted by Crippen LogP contribution is -2.44. The first-order chi connectivity index (χ1) is 12.6. The highest BCUT2D eigenvalue weighted by Gasteiger charge is 2.36. The van der Waals surface area contributed by atoms with E-state index in [4.69, 9.17) is 9.92 Å². The zero-order chi connectivity index (χ0) is 18.3. The molecule has 1 amide bonds. The zero-order valence-electron chi connectivity index (χ0n) is 14.5. The van der Waals surface area contributed by atoms with Crippen molar-refractivity contribution in [2.45, 2.75) is 19.8 Å². The molecule has 0 spiro atoms. The number of nitrogens with zero attached hydrogens (tertiary/aromatic N) is 3. The molecular formula is C18H19BN4O3.